The van der Waals surface area contributed by atoms with Gasteiger partial charge < -0.3 is 14.4 Å². The zero-order valence-electron chi connectivity index (χ0n) is 15.3. The first-order chi connectivity index (χ1) is 12.5. The zero-order valence-corrected chi connectivity index (χ0v) is 15.3. The highest BCUT2D eigenvalue weighted by molar-refractivity contribution is 5.66. The lowest BCUT2D eigenvalue weighted by molar-refractivity contribution is -0.137. The maximum atomic E-state index is 10.8. The average Bonchev–Trinajstić information content (AvgIpc) is 3.09. The minimum Gasteiger partial charge on any atom is -0.496 e. The summed E-state index contributed by atoms with van der Waals surface area (Å²) in [5.74, 6) is 1.63. The van der Waals surface area contributed by atoms with Crippen molar-refractivity contribution in [3.05, 3.63) is 29.7 Å². The predicted molar refractivity (Wildman–Crippen MR) is 95.9 cm³/mol. The van der Waals surface area contributed by atoms with Gasteiger partial charge in [-0.25, -0.2) is 0 Å². The minimum atomic E-state index is -0.725. The lowest BCUT2D eigenvalue weighted by Crippen LogP contribution is -2.35. The van der Waals surface area contributed by atoms with Crippen molar-refractivity contribution >= 4 is 5.97 Å². The summed E-state index contributed by atoms with van der Waals surface area (Å²) in [5, 5.41) is 12.9. The Morgan fingerprint density at radius 3 is 3.08 bits per heavy atom. The molecule has 7 nitrogen and oxygen atoms in total. The van der Waals surface area contributed by atoms with E-state index in [1.54, 1.807) is 7.11 Å². The summed E-state index contributed by atoms with van der Waals surface area (Å²) in [7, 11) is 1.64. The number of hydrogen-bond acceptors (Lipinski definition) is 6. The van der Waals surface area contributed by atoms with E-state index in [1.807, 2.05) is 25.1 Å². The first-order valence-electron chi connectivity index (χ1n) is 8.97. The fourth-order valence-electron chi connectivity index (χ4n) is 3.44. The fourth-order valence-corrected chi connectivity index (χ4v) is 3.44. The van der Waals surface area contributed by atoms with E-state index in [9.17, 15) is 4.79 Å². The van der Waals surface area contributed by atoms with Gasteiger partial charge >= 0.3 is 5.97 Å². The van der Waals surface area contributed by atoms with Crippen molar-refractivity contribution in [1.29, 1.82) is 0 Å². The summed E-state index contributed by atoms with van der Waals surface area (Å²) in [6.07, 6.45) is 3.12. The van der Waals surface area contributed by atoms with E-state index in [2.05, 4.69) is 15.0 Å². The monoisotopic (exact) mass is 359 g/mol. The SMILES string of the molecule is COc1cc(-c2noc(CN3CCCC(CCC(=O)O)C3)n2)ccc1C. The summed E-state index contributed by atoms with van der Waals surface area (Å²) in [5.41, 5.74) is 1.92. The van der Waals surface area contributed by atoms with E-state index in [-0.39, 0.29) is 6.42 Å². The van der Waals surface area contributed by atoms with Crippen LogP contribution in [-0.2, 0) is 11.3 Å². The van der Waals surface area contributed by atoms with Crippen molar-refractivity contribution in [2.45, 2.75) is 39.2 Å². The van der Waals surface area contributed by atoms with E-state index in [4.69, 9.17) is 14.4 Å². The number of carboxylic acid groups (broad SMARTS) is 1. The van der Waals surface area contributed by atoms with Crippen LogP contribution in [0.15, 0.2) is 22.7 Å². The standard InChI is InChI=1S/C19H25N3O4/c1-13-5-7-15(10-16(13)25-2)19-20-17(26-21-19)12-22-9-3-4-14(11-22)6-8-18(23)24/h5,7,10,14H,3-4,6,8-9,11-12H2,1-2H3,(H,23,24). The number of rotatable bonds is 7. The molecule has 7 heteroatoms. The number of aliphatic carboxylic acids is 1. The zero-order chi connectivity index (χ0) is 18.5. The second-order valence-electron chi connectivity index (χ2n) is 6.87. The van der Waals surface area contributed by atoms with Crippen LogP contribution in [0.4, 0.5) is 0 Å². The smallest absolute Gasteiger partial charge is 0.303 e. The molecule has 1 saturated heterocycles. The molecule has 2 heterocycles. The van der Waals surface area contributed by atoms with Crippen LogP contribution < -0.4 is 4.74 Å². The molecule has 0 amide bonds. The molecule has 1 aliphatic rings. The van der Waals surface area contributed by atoms with Crippen molar-refractivity contribution in [2.75, 3.05) is 20.2 Å². The second kappa shape index (κ2) is 8.31. The number of carboxylic acids is 1. The van der Waals surface area contributed by atoms with Gasteiger partial charge in [0, 0.05) is 18.5 Å². The van der Waals surface area contributed by atoms with E-state index in [1.165, 1.54) is 0 Å². The van der Waals surface area contributed by atoms with Crippen molar-refractivity contribution in [1.82, 2.24) is 15.0 Å². The van der Waals surface area contributed by atoms with Crippen molar-refractivity contribution in [3.63, 3.8) is 0 Å². The highest BCUT2D eigenvalue weighted by Gasteiger charge is 2.22. The third-order valence-corrected chi connectivity index (χ3v) is 4.86. The molecule has 0 bridgehead atoms. The molecule has 0 radical (unpaired) electrons. The highest BCUT2D eigenvalue weighted by atomic mass is 16.5. The number of benzene rings is 1. The van der Waals surface area contributed by atoms with E-state index in [0.29, 0.717) is 24.2 Å². The Balaban J connectivity index is 1.62. The Kier molecular flexibility index (Phi) is 5.88. The van der Waals surface area contributed by atoms with Crippen LogP contribution in [0.1, 0.15) is 37.1 Å². The van der Waals surface area contributed by atoms with Crippen LogP contribution in [0.3, 0.4) is 0 Å². The molecular weight excluding hydrogens is 334 g/mol. The predicted octanol–water partition coefficient (Wildman–Crippen LogP) is 3.13. The summed E-state index contributed by atoms with van der Waals surface area (Å²) in [6, 6.07) is 5.84. The maximum absolute atomic E-state index is 10.8. The minimum absolute atomic E-state index is 0.235. The Morgan fingerprint density at radius 2 is 2.31 bits per heavy atom. The van der Waals surface area contributed by atoms with Gasteiger partial charge in [-0.15, -0.1) is 0 Å². The molecule has 26 heavy (non-hydrogen) atoms. The molecule has 1 fully saturated rings. The summed E-state index contributed by atoms with van der Waals surface area (Å²) >= 11 is 0. The van der Waals surface area contributed by atoms with E-state index in [0.717, 1.165) is 49.2 Å². The van der Waals surface area contributed by atoms with Crippen LogP contribution in [0.2, 0.25) is 0 Å². The number of piperidine rings is 1. The van der Waals surface area contributed by atoms with Gasteiger partial charge in [0.1, 0.15) is 5.75 Å². The molecule has 0 saturated carbocycles. The van der Waals surface area contributed by atoms with Crippen LogP contribution in [0.25, 0.3) is 11.4 Å². The summed E-state index contributed by atoms with van der Waals surface area (Å²) < 4.78 is 10.8. The van der Waals surface area contributed by atoms with Gasteiger partial charge in [0.15, 0.2) is 0 Å². The lowest BCUT2D eigenvalue weighted by atomic mass is 9.93. The average molecular weight is 359 g/mol. The van der Waals surface area contributed by atoms with Crippen LogP contribution in [-0.4, -0.2) is 46.3 Å². The number of methoxy groups -OCH3 is 1. The van der Waals surface area contributed by atoms with Crippen molar-refractivity contribution < 1.29 is 19.2 Å². The third kappa shape index (κ3) is 4.60. The lowest BCUT2D eigenvalue weighted by Gasteiger charge is -2.31. The molecule has 3 rings (SSSR count). The number of carbonyl (C=O) groups is 1. The molecule has 0 spiro atoms. The Hall–Kier alpha value is -2.41. The van der Waals surface area contributed by atoms with Gasteiger partial charge in [-0.1, -0.05) is 17.3 Å². The first kappa shape index (κ1) is 18.4. The van der Waals surface area contributed by atoms with Gasteiger partial charge in [0.2, 0.25) is 11.7 Å². The Morgan fingerprint density at radius 1 is 1.46 bits per heavy atom. The van der Waals surface area contributed by atoms with Crippen LogP contribution >= 0.6 is 0 Å². The normalized spacial score (nSPS) is 18.0. The van der Waals surface area contributed by atoms with Crippen LogP contribution in [0.5, 0.6) is 5.75 Å². The van der Waals surface area contributed by atoms with E-state index < -0.39 is 5.97 Å². The fraction of sp³-hybridized carbons (Fsp3) is 0.526. The number of aromatic nitrogens is 2. The van der Waals surface area contributed by atoms with Gasteiger partial charge in [-0.3, -0.25) is 9.69 Å². The number of hydrogen-bond donors (Lipinski definition) is 1. The molecule has 1 atom stereocenters. The number of likely N-dealkylation sites (tertiary alicyclic amines) is 1. The van der Waals surface area contributed by atoms with Crippen LogP contribution in [0, 0.1) is 12.8 Å². The molecular formula is C19H25N3O4. The molecule has 0 aliphatic carbocycles. The largest absolute Gasteiger partial charge is 0.496 e. The Bertz CT molecular complexity index is 759. The highest BCUT2D eigenvalue weighted by Crippen LogP contribution is 2.26. The van der Waals surface area contributed by atoms with Gasteiger partial charge in [0.05, 0.1) is 13.7 Å². The molecule has 1 unspecified atom stereocenters. The third-order valence-electron chi connectivity index (χ3n) is 4.86. The number of nitrogens with zero attached hydrogens (tertiary/aromatic N) is 3. The second-order valence-corrected chi connectivity index (χ2v) is 6.87. The molecule has 1 aromatic carbocycles. The Labute approximate surface area is 153 Å². The quantitative estimate of drug-likeness (QED) is 0.812. The van der Waals surface area contributed by atoms with Gasteiger partial charge in [-0.05, 0) is 50.3 Å². The number of ether oxygens (including phenoxy) is 1. The molecule has 2 aromatic rings. The molecule has 1 aromatic heterocycles. The summed E-state index contributed by atoms with van der Waals surface area (Å²) in [6.45, 7) is 4.43. The topological polar surface area (TPSA) is 88.7 Å². The maximum Gasteiger partial charge on any atom is 0.303 e. The number of aryl methyl sites for hydroxylation is 1. The molecule has 1 N–H and O–H groups in total. The molecule has 1 aliphatic heterocycles. The van der Waals surface area contributed by atoms with E-state index >= 15 is 0 Å². The molecule has 140 valence electrons. The van der Waals surface area contributed by atoms with Gasteiger partial charge in [0.25, 0.3) is 0 Å². The van der Waals surface area contributed by atoms with Gasteiger partial charge in [-0.2, -0.15) is 4.98 Å². The first-order valence-corrected chi connectivity index (χ1v) is 8.97. The van der Waals surface area contributed by atoms with Crippen molar-refractivity contribution in [2.24, 2.45) is 5.92 Å². The summed E-state index contributed by atoms with van der Waals surface area (Å²) in [4.78, 5) is 17.5. The van der Waals surface area contributed by atoms with Crippen molar-refractivity contribution in [3.8, 4) is 17.1 Å².